The summed E-state index contributed by atoms with van der Waals surface area (Å²) in [7, 11) is 0. The van der Waals surface area contributed by atoms with Crippen LogP contribution in [0.15, 0.2) is 12.5 Å². The lowest BCUT2D eigenvalue weighted by atomic mass is 10.2. The summed E-state index contributed by atoms with van der Waals surface area (Å²) in [5.74, 6) is -0.246. The fourth-order valence-electron chi connectivity index (χ4n) is 1.69. The molecule has 2 rings (SSSR count). The zero-order chi connectivity index (χ0) is 11.9. The second-order valence-corrected chi connectivity index (χ2v) is 3.87. The number of fused-ring (bicyclic) bond motifs is 1. The quantitative estimate of drug-likeness (QED) is 0.776. The van der Waals surface area contributed by atoms with Crippen LogP contribution < -0.4 is 11.5 Å². The van der Waals surface area contributed by atoms with Crippen molar-refractivity contribution in [1.82, 2.24) is 14.5 Å². The molecule has 0 fully saturated rings. The van der Waals surface area contributed by atoms with Crippen molar-refractivity contribution in [3.63, 3.8) is 0 Å². The van der Waals surface area contributed by atoms with Gasteiger partial charge in [0.05, 0.1) is 10.9 Å². The molecular formula is C10H13N5O. The van der Waals surface area contributed by atoms with E-state index in [1.54, 1.807) is 6.20 Å². The van der Waals surface area contributed by atoms with E-state index in [0.29, 0.717) is 16.6 Å². The van der Waals surface area contributed by atoms with Gasteiger partial charge in [-0.3, -0.25) is 4.79 Å². The van der Waals surface area contributed by atoms with Gasteiger partial charge in [0.25, 0.3) is 5.91 Å². The molecule has 0 atom stereocenters. The highest BCUT2D eigenvalue weighted by molar-refractivity contribution is 6.08. The van der Waals surface area contributed by atoms with E-state index in [1.807, 2.05) is 18.4 Å². The molecule has 0 radical (unpaired) electrons. The van der Waals surface area contributed by atoms with Crippen molar-refractivity contribution < 1.29 is 4.79 Å². The predicted octanol–water partition coefficient (Wildman–Crippen LogP) is 0.693. The number of anilines is 1. The molecule has 0 spiro atoms. The van der Waals surface area contributed by atoms with Crippen molar-refractivity contribution in [2.45, 2.75) is 19.9 Å². The van der Waals surface area contributed by atoms with E-state index in [-0.39, 0.29) is 11.9 Å². The summed E-state index contributed by atoms with van der Waals surface area (Å²) >= 11 is 0. The van der Waals surface area contributed by atoms with Gasteiger partial charge in [0.2, 0.25) is 0 Å². The van der Waals surface area contributed by atoms with Crippen LogP contribution in [0.5, 0.6) is 0 Å². The molecule has 2 aromatic rings. The first-order valence-corrected chi connectivity index (χ1v) is 4.93. The average molecular weight is 219 g/mol. The van der Waals surface area contributed by atoms with Gasteiger partial charge in [0.15, 0.2) is 0 Å². The summed E-state index contributed by atoms with van der Waals surface area (Å²) in [6, 6.07) is 0.171. The summed E-state index contributed by atoms with van der Waals surface area (Å²) in [5.41, 5.74) is 12.0. The van der Waals surface area contributed by atoms with Gasteiger partial charge in [-0.2, -0.15) is 0 Å². The van der Waals surface area contributed by atoms with Crippen molar-refractivity contribution in [1.29, 1.82) is 0 Å². The Morgan fingerprint density at radius 3 is 2.69 bits per heavy atom. The first-order valence-electron chi connectivity index (χ1n) is 4.93. The van der Waals surface area contributed by atoms with Gasteiger partial charge < -0.3 is 16.0 Å². The van der Waals surface area contributed by atoms with E-state index < -0.39 is 5.91 Å². The number of primary amides is 1. The third kappa shape index (κ3) is 1.39. The molecular weight excluding hydrogens is 206 g/mol. The highest BCUT2D eigenvalue weighted by Gasteiger charge is 2.17. The maximum Gasteiger partial charge on any atom is 0.251 e. The topological polar surface area (TPSA) is 99.8 Å². The second-order valence-electron chi connectivity index (χ2n) is 3.87. The summed E-state index contributed by atoms with van der Waals surface area (Å²) in [6.45, 7) is 3.98. The molecule has 6 heteroatoms. The Balaban J connectivity index is 2.87. The smallest absolute Gasteiger partial charge is 0.251 e. The average Bonchev–Trinajstić information content (AvgIpc) is 2.58. The summed E-state index contributed by atoms with van der Waals surface area (Å²) in [5, 5.41) is 0.531. The fraction of sp³-hybridized carbons (Fsp3) is 0.300. The van der Waals surface area contributed by atoms with Crippen molar-refractivity contribution in [3.8, 4) is 0 Å². The van der Waals surface area contributed by atoms with Crippen molar-refractivity contribution >= 4 is 22.8 Å². The minimum absolute atomic E-state index is 0.171. The van der Waals surface area contributed by atoms with Crippen LogP contribution in [0.4, 0.5) is 5.82 Å². The molecule has 2 heterocycles. The Morgan fingerprint density at radius 1 is 1.44 bits per heavy atom. The Kier molecular flexibility index (Phi) is 2.26. The first-order chi connectivity index (χ1) is 7.52. The molecule has 4 N–H and O–H groups in total. The second kappa shape index (κ2) is 3.48. The van der Waals surface area contributed by atoms with Crippen molar-refractivity contribution in [2.75, 3.05) is 5.73 Å². The number of rotatable bonds is 2. The number of carbonyl (C=O) groups excluding carboxylic acids is 1. The molecule has 2 aromatic heterocycles. The van der Waals surface area contributed by atoms with Gasteiger partial charge in [-0.15, -0.1) is 0 Å². The number of hydrogen-bond donors (Lipinski definition) is 2. The van der Waals surface area contributed by atoms with E-state index in [9.17, 15) is 4.79 Å². The van der Waals surface area contributed by atoms with Gasteiger partial charge >= 0.3 is 0 Å². The van der Waals surface area contributed by atoms with Crippen LogP contribution in [0.3, 0.4) is 0 Å². The number of nitrogens with zero attached hydrogens (tertiary/aromatic N) is 3. The van der Waals surface area contributed by atoms with Crippen molar-refractivity contribution in [2.24, 2.45) is 5.73 Å². The SMILES string of the molecule is CC(C)n1cc(C(N)=O)c2c(N)ncnc21. The van der Waals surface area contributed by atoms with Crippen LogP contribution >= 0.6 is 0 Å². The van der Waals surface area contributed by atoms with Gasteiger partial charge in [0, 0.05) is 12.2 Å². The minimum atomic E-state index is -0.522. The maximum absolute atomic E-state index is 11.3. The Labute approximate surface area is 92.3 Å². The third-order valence-electron chi connectivity index (χ3n) is 2.46. The van der Waals surface area contributed by atoms with Crippen LogP contribution in [0.25, 0.3) is 11.0 Å². The van der Waals surface area contributed by atoms with Crippen LogP contribution in [0.2, 0.25) is 0 Å². The fourth-order valence-corrected chi connectivity index (χ4v) is 1.69. The molecule has 16 heavy (non-hydrogen) atoms. The number of hydrogen-bond acceptors (Lipinski definition) is 4. The number of nitrogens with two attached hydrogens (primary N) is 2. The van der Waals surface area contributed by atoms with Crippen LogP contribution in [0, 0.1) is 0 Å². The van der Waals surface area contributed by atoms with E-state index in [0.717, 1.165) is 0 Å². The summed E-state index contributed by atoms with van der Waals surface area (Å²) < 4.78 is 1.85. The largest absolute Gasteiger partial charge is 0.383 e. The van der Waals surface area contributed by atoms with Crippen LogP contribution in [-0.2, 0) is 0 Å². The molecule has 0 bridgehead atoms. The Morgan fingerprint density at radius 2 is 2.12 bits per heavy atom. The number of carbonyl (C=O) groups is 1. The molecule has 0 saturated heterocycles. The van der Waals surface area contributed by atoms with E-state index in [4.69, 9.17) is 11.5 Å². The predicted molar refractivity (Wildman–Crippen MR) is 60.8 cm³/mol. The molecule has 0 unspecified atom stereocenters. The molecule has 0 saturated carbocycles. The number of aromatic nitrogens is 3. The third-order valence-corrected chi connectivity index (χ3v) is 2.46. The molecule has 0 aliphatic carbocycles. The van der Waals surface area contributed by atoms with E-state index in [1.165, 1.54) is 6.33 Å². The lowest BCUT2D eigenvalue weighted by Gasteiger charge is -2.07. The minimum Gasteiger partial charge on any atom is -0.383 e. The Hall–Kier alpha value is -2.11. The molecule has 0 aliphatic rings. The highest BCUT2D eigenvalue weighted by Crippen LogP contribution is 2.25. The van der Waals surface area contributed by atoms with Gasteiger partial charge in [-0.1, -0.05) is 0 Å². The van der Waals surface area contributed by atoms with Gasteiger partial charge in [-0.05, 0) is 13.8 Å². The zero-order valence-corrected chi connectivity index (χ0v) is 9.14. The number of amides is 1. The van der Waals surface area contributed by atoms with E-state index >= 15 is 0 Å². The van der Waals surface area contributed by atoms with Gasteiger partial charge in [0.1, 0.15) is 17.8 Å². The number of nitrogen functional groups attached to an aromatic ring is 1. The first kappa shape index (κ1) is 10.4. The summed E-state index contributed by atoms with van der Waals surface area (Å²) in [4.78, 5) is 19.3. The molecule has 0 aliphatic heterocycles. The lowest BCUT2D eigenvalue weighted by molar-refractivity contribution is 0.100. The highest BCUT2D eigenvalue weighted by atomic mass is 16.1. The lowest BCUT2D eigenvalue weighted by Crippen LogP contribution is -2.11. The van der Waals surface area contributed by atoms with Crippen LogP contribution in [0.1, 0.15) is 30.2 Å². The molecule has 1 amide bonds. The van der Waals surface area contributed by atoms with Crippen molar-refractivity contribution in [3.05, 3.63) is 18.1 Å². The molecule has 84 valence electrons. The standard InChI is InChI=1S/C10H13N5O/c1-5(2)15-3-6(9(12)16)7-8(11)13-4-14-10(7)15/h3-5H,1-2H3,(H2,12,16)(H2,11,13,14). The van der Waals surface area contributed by atoms with E-state index in [2.05, 4.69) is 9.97 Å². The van der Waals surface area contributed by atoms with Crippen LogP contribution in [-0.4, -0.2) is 20.4 Å². The Bertz CT molecular complexity index is 558. The normalized spacial score (nSPS) is 11.2. The monoisotopic (exact) mass is 219 g/mol. The summed E-state index contributed by atoms with van der Waals surface area (Å²) in [6.07, 6.45) is 3.05. The maximum atomic E-state index is 11.3. The molecule has 6 nitrogen and oxygen atoms in total. The molecule has 0 aromatic carbocycles. The zero-order valence-electron chi connectivity index (χ0n) is 9.14. The van der Waals surface area contributed by atoms with Gasteiger partial charge in [-0.25, -0.2) is 9.97 Å².